The number of hydrogen-bond acceptors (Lipinski definition) is 3. The van der Waals surface area contributed by atoms with Crippen molar-refractivity contribution in [1.82, 2.24) is 10.2 Å². The van der Waals surface area contributed by atoms with Crippen LogP contribution < -0.4 is 10.1 Å². The van der Waals surface area contributed by atoms with Crippen LogP contribution in [0.2, 0.25) is 0 Å². The van der Waals surface area contributed by atoms with Gasteiger partial charge in [0, 0.05) is 24.0 Å². The summed E-state index contributed by atoms with van der Waals surface area (Å²) in [6, 6.07) is 22.4. The number of hydrogen-bond donors (Lipinski definition) is 1. The summed E-state index contributed by atoms with van der Waals surface area (Å²) in [5, 5.41) is 2.98. The number of halogens is 2. The topological polar surface area (TPSA) is 58.6 Å². The first-order valence-electron chi connectivity index (χ1n) is 11.7. The van der Waals surface area contributed by atoms with E-state index < -0.39 is 17.8 Å². The number of para-hydroxylation sites is 1. The van der Waals surface area contributed by atoms with E-state index in [1.807, 2.05) is 54.6 Å². The smallest absolute Gasteiger partial charge is 0.261 e. The number of unbranched alkanes of at least 4 members (excludes halogenated alkanes) is 1. The van der Waals surface area contributed by atoms with Crippen LogP contribution in [0.15, 0.2) is 83.3 Å². The molecule has 35 heavy (non-hydrogen) atoms. The average molecular weight is 541 g/mol. The highest BCUT2D eigenvalue weighted by molar-refractivity contribution is 9.10. The van der Waals surface area contributed by atoms with Gasteiger partial charge in [-0.25, -0.2) is 4.39 Å². The van der Waals surface area contributed by atoms with Gasteiger partial charge in [0.2, 0.25) is 5.91 Å². The summed E-state index contributed by atoms with van der Waals surface area (Å²) in [5.74, 6) is -1.17. The largest absolute Gasteiger partial charge is 0.481 e. The van der Waals surface area contributed by atoms with E-state index >= 15 is 0 Å². The molecule has 0 spiro atoms. The maximum Gasteiger partial charge on any atom is 0.261 e. The molecule has 0 saturated carbocycles. The third kappa shape index (κ3) is 8.21. The molecule has 3 aromatic carbocycles. The molecule has 3 rings (SSSR count). The molecule has 5 nitrogen and oxygen atoms in total. The zero-order valence-corrected chi connectivity index (χ0v) is 21.3. The highest BCUT2D eigenvalue weighted by Crippen LogP contribution is 2.19. The van der Waals surface area contributed by atoms with Crippen LogP contribution in [0.25, 0.3) is 0 Å². The van der Waals surface area contributed by atoms with Crippen molar-refractivity contribution in [3.05, 3.63) is 100 Å². The molecule has 0 saturated heterocycles. The summed E-state index contributed by atoms with van der Waals surface area (Å²) in [5.41, 5.74) is 1.80. The number of nitrogens with one attached hydrogen (secondary N) is 1. The van der Waals surface area contributed by atoms with Gasteiger partial charge in [0.15, 0.2) is 18.2 Å². The Bertz CT molecular complexity index is 1090. The van der Waals surface area contributed by atoms with Crippen LogP contribution in [-0.4, -0.2) is 35.9 Å². The Morgan fingerprint density at radius 1 is 0.971 bits per heavy atom. The van der Waals surface area contributed by atoms with Gasteiger partial charge in [0.1, 0.15) is 6.04 Å². The van der Waals surface area contributed by atoms with Gasteiger partial charge in [-0.15, -0.1) is 0 Å². The van der Waals surface area contributed by atoms with E-state index in [4.69, 9.17) is 4.74 Å². The zero-order chi connectivity index (χ0) is 25.0. The molecular formula is C28H30BrFN2O3. The predicted molar refractivity (Wildman–Crippen MR) is 138 cm³/mol. The summed E-state index contributed by atoms with van der Waals surface area (Å²) in [6.07, 6.45) is 2.14. The fraction of sp³-hybridized carbons (Fsp3) is 0.286. The molecule has 0 radical (unpaired) electrons. The molecule has 0 aliphatic heterocycles. The molecule has 184 valence electrons. The van der Waals surface area contributed by atoms with Crippen molar-refractivity contribution in [2.24, 2.45) is 0 Å². The fourth-order valence-corrected chi connectivity index (χ4v) is 3.90. The Hall–Kier alpha value is -3.19. The molecule has 2 amide bonds. The van der Waals surface area contributed by atoms with Crippen LogP contribution in [0.1, 0.15) is 30.9 Å². The summed E-state index contributed by atoms with van der Waals surface area (Å²) in [7, 11) is 0. The number of benzene rings is 3. The lowest BCUT2D eigenvalue weighted by atomic mass is 10.0. The molecule has 0 aliphatic rings. The Kier molecular flexibility index (Phi) is 10.3. The molecule has 1 N–H and O–H groups in total. The van der Waals surface area contributed by atoms with Gasteiger partial charge in [0.25, 0.3) is 5.91 Å². The van der Waals surface area contributed by atoms with Crippen LogP contribution in [0.3, 0.4) is 0 Å². The summed E-state index contributed by atoms with van der Waals surface area (Å²) < 4.78 is 20.5. The first kappa shape index (κ1) is 26.4. The number of carbonyl (C=O) groups is 2. The highest BCUT2D eigenvalue weighted by atomic mass is 79.9. The van der Waals surface area contributed by atoms with Gasteiger partial charge < -0.3 is 15.0 Å². The predicted octanol–water partition coefficient (Wildman–Crippen LogP) is 5.52. The van der Waals surface area contributed by atoms with Gasteiger partial charge in [-0.2, -0.15) is 0 Å². The fourth-order valence-electron chi connectivity index (χ4n) is 3.63. The third-order valence-electron chi connectivity index (χ3n) is 5.55. The van der Waals surface area contributed by atoms with E-state index in [0.29, 0.717) is 13.0 Å². The quantitative estimate of drug-likeness (QED) is 0.307. The minimum Gasteiger partial charge on any atom is -0.481 e. The second kappa shape index (κ2) is 13.6. The second-order valence-electron chi connectivity index (χ2n) is 8.22. The Morgan fingerprint density at radius 2 is 1.66 bits per heavy atom. The molecule has 0 bridgehead atoms. The first-order chi connectivity index (χ1) is 17.0. The van der Waals surface area contributed by atoms with E-state index in [-0.39, 0.29) is 24.8 Å². The van der Waals surface area contributed by atoms with Gasteiger partial charge in [0.05, 0.1) is 0 Å². The van der Waals surface area contributed by atoms with E-state index in [0.717, 1.165) is 28.4 Å². The van der Waals surface area contributed by atoms with Gasteiger partial charge >= 0.3 is 0 Å². The van der Waals surface area contributed by atoms with Crippen molar-refractivity contribution in [2.75, 3.05) is 13.2 Å². The molecule has 1 atom stereocenters. The van der Waals surface area contributed by atoms with Gasteiger partial charge in [-0.05, 0) is 41.8 Å². The van der Waals surface area contributed by atoms with E-state index in [9.17, 15) is 14.0 Å². The average Bonchev–Trinajstić information content (AvgIpc) is 2.87. The van der Waals surface area contributed by atoms with Crippen molar-refractivity contribution < 1.29 is 18.7 Å². The third-order valence-corrected chi connectivity index (χ3v) is 6.08. The first-order valence-corrected chi connectivity index (χ1v) is 12.5. The van der Waals surface area contributed by atoms with Crippen molar-refractivity contribution in [2.45, 2.75) is 38.8 Å². The normalized spacial score (nSPS) is 11.5. The monoisotopic (exact) mass is 540 g/mol. The molecule has 0 fully saturated rings. The van der Waals surface area contributed by atoms with Crippen LogP contribution in [0.5, 0.6) is 5.75 Å². The minimum absolute atomic E-state index is 0.00329. The van der Waals surface area contributed by atoms with Crippen LogP contribution in [0, 0.1) is 5.82 Å². The van der Waals surface area contributed by atoms with Crippen LogP contribution in [0.4, 0.5) is 4.39 Å². The number of carbonyl (C=O) groups excluding carboxylic acids is 2. The molecule has 3 aromatic rings. The van der Waals surface area contributed by atoms with Crippen molar-refractivity contribution in [1.29, 1.82) is 0 Å². The summed E-state index contributed by atoms with van der Waals surface area (Å²) in [6.45, 7) is 2.42. The number of amides is 2. The van der Waals surface area contributed by atoms with Crippen LogP contribution in [-0.2, 0) is 22.6 Å². The summed E-state index contributed by atoms with van der Waals surface area (Å²) >= 11 is 3.43. The van der Waals surface area contributed by atoms with Crippen molar-refractivity contribution >= 4 is 27.7 Å². The molecule has 0 aliphatic carbocycles. The van der Waals surface area contributed by atoms with Gasteiger partial charge in [-0.3, -0.25) is 9.59 Å². The van der Waals surface area contributed by atoms with Crippen molar-refractivity contribution in [3.8, 4) is 5.75 Å². The number of rotatable bonds is 12. The lowest BCUT2D eigenvalue weighted by molar-refractivity contribution is -0.142. The number of ether oxygens (including phenoxy) is 1. The Balaban J connectivity index is 1.88. The Labute approximate surface area is 214 Å². The zero-order valence-electron chi connectivity index (χ0n) is 19.8. The SMILES string of the molecule is CCCCNC(=O)C(Cc1ccccc1)N(Cc1ccc(Br)cc1)C(=O)COc1ccccc1F. The van der Waals surface area contributed by atoms with E-state index in [1.54, 1.807) is 12.1 Å². The van der Waals surface area contributed by atoms with Crippen LogP contribution >= 0.6 is 15.9 Å². The molecule has 7 heteroatoms. The van der Waals surface area contributed by atoms with Gasteiger partial charge in [-0.1, -0.05) is 83.9 Å². The van der Waals surface area contributed by atoms with Crippen molar-refractivity contribution in [3.63, 3.8) is 0 Å². The maximum absolute atomic E-state index is 14.1. The molecule has 0 heterocycles. The Morgan fingerprint density at radius 3 is 2.34 bits per heavy atom. The summed E-state index contributed by atoms with van der Waals surface area (Å²) in [4.78, 5) is 28.3. The second-order valence-corrected chi connectivity index (χ2v) is 9.13. The molecular weight excluding hydrogens is 511 g/mol. The lowest BCUT2D eigenvalue weighted by Gasteiger charge is -2.31. The lowest BCUT2D eigenvalue weighted by Crippen LogP contribution is -2.51. The highest BCUT2D eigenvalue weighted by Gasteiger charge is 2.30. The molecule has 1 unspecified atom stereocenters. The standard InChI is InChI=1S/C28H30BrFN2O3/c1-2-3-17-31-28(34)25(18-21-9-5-4-6-10-21)32(19-22-13-15-23(29)16-14-22)27(33)20-35-26-12-8-7-11-24(26)30/h4-16,25H,2-3,17-20H2,1H3,(H,31,34). The van der Waals surface area contributed by atoms with E-state index in [1.165, 1.54) is 17.0 Å². The maximum atomic E-state index is 14.1. The number of nitrogens with zero attached hydrogens (tertiary/aromatic N) is 1. The molecule has 0 aromatic heterocycles. The minimum atomic E-state index is -0.755. The van der Waals surface area contributed by atoms with E-state index in [2.05, 4.69) is 28.2 Å².